The highest BCUT2D eigenvalue weighted by atomic mass is 35.5. The van der Waals surface area contributed by atoms with E-state index in [-0.39, 0.29) is 5.91 Å². The van der Waals surface area contributed by atoms with Gasteiger partial charge in [0, 0.05) is 18.1 Å². The number of methoxy groups -OCH3 is 1. The fourth-order valence-electron chi connectivity index (χ4n) is 2.58. The van der Waals surface area contributed by atoms with Crippen LogP contribution in [0.4, 0.5) is 0 Å². The van der Waals surface area contributed by atoms with Crippen molar-refractivity contribution in [2.45, 2.75) is 6.42 Å². The summed E-state index contributed by atoms with van der Waals surface area (Å²) in [5, 5.41) is 0.568. The summed E-state index contributed by atoms with van der Waals surface area (Å²) in [4.78, 5) is 14.2. The second kappa shape index (κ2) is 3.91. The number of hydrogen-bond donors (Lipinski definition) is 0. The van der Waals surface area contributed by atoms with E-state index < -0.39 is 0 Å². The molecule has 0 radical (unpaired) electrons. The van der Waals surface area contributed by atoms with Crippen LogP contribution in [0.5, 0.6) is 5.75 Å². The molecule has 1 aromatic rings. The number of halogens is 1. The molecule has 4 heteroatoms. The van der Waals surface area contributed by atoms with Crippen molar-refractivity contribution >= 4 is 17.5 Å². The molecule has 1 aliphatic carbocycles. The van der Waals surface area contributed by atoms with Crippen molar-refractivity contribution in [3.05, 3.63) is 28.8 Å². The van der Waals surface area contributed by atoms with E-state index in [1.807, 2.05) is 4.90 Å². The van der Waals surface area contributed by atoms with Gasteiger partial charge in [-0.1, -0.05) is 11.6 Å². The van der Waals surface area contributed by atoms with Crippen molar-refractivity contribution in [3.63, 3.8) is 0 Å². The Balaban J connectivity index is 1.87. The molecule has 0 bridgehead atoms. The van der Waals surface area contributed by atoms with Crippen molar-refractivity contribution < 1.29 is 9.53 Å². The zero-order valence-corrected chi connectivity index (χ0v) is 10.4. The van der Waals surface area contributed by atoms with E-state index >= 15 is 0 Å². The molecule has 3 nitrogen and oxygen atoms in total. The highest BCUT2D eigenvalue weighted by Crippen LogP contribution is 2.45. The van der Waals surface area contributed by atoms with Gasteiger partial charge in [0.25, 0.3) is 5.91 Å². The average Bonchev–Trinajstić information content (AvgIpc) is 2.95. The highest BCUT2D eigenvalue weighted by molar-refractivity contribution is 6.31. The van der Waals surface area contributed by atoms with E-state index in [2.05, 4.69) is 0 Å². The van der Waals surface area contributed by atoms with E-state index in [9.17, 15) is 4.79 Å². The number of ether oxygens (including phenoxy) is 1. The third-order valence-corrected chi connectivity index (χ3v) is 3.89. The Bertz CT molecular complexity index is 464. The second-order valence-electron chi connectivity index (χ2n) is 4.81. The van der Waals surface area contributed by atoms with Gasteiger partial charge in [-0.25, -0.2) is 0 Å². The van der Waals surface area contributed by atoms with Gasteiger partial charge in [-0.15, -0.1) is 0 Å². The summed E-state index contributed by atoms with van der Waals surface area (Å²) < 4.78 is 5.21. The number of hydrogen-bond acceptors (Lipinski definition) is 2. The van der Waals surface area contributed by atoms with E-state index in [0.717, 1.165) is 24.9 Å². The first-order valence-corrected chi connectivity index (χ1v) is 6.19. The van der Waals surface area contributed by atoms with Gasteiger partial charge in [-0.05, 0) is 36.5 Å². The van der Waals surface area contributed by atoms with Crippen molar-refractivity contribution in [1.29, 1.82) is 0 Å². The van der Waals surface area contributed by atoms with Crippen LogP contribution in [0.2, 0.25) is 5.02 Å². The normalized spacial score (nSPS) is 25.6. The maximum Gasteiger partial charge on any atom is 0.257 e. The number of carbonyl (C=O) groups is 1. The summed E-state index contributed by atoms with van der Waals surface area (Å²) in [6.07, 6.45) is 1.29. The van der Waals surface area contributed by atoms with Crippen molar-refractivity contribution in [3.8, 4) is 5.75 Å². The lowest BCUT2D eigenvalue weighted by molar-refractivity contribution is 0.0772. The summed E-state index contributed by atoms with van der Waals surface area (Å²) >= 11 is 5.94. The molecule has 1 amide bonds. The Morgan fingerprint density at radius 1 is 1.41 bits per heavy atom. The molecule has 17 heavy (non-hydrogen) atoms. The van der Waals surface area contributed by atoms with E-state index in [1.54, 1.807) is 25.3 Å². The Kier molecular flexibility index (Phi) is 2.51. The monoisotopic (exact) mass is 251 g/mol. The van der Waals surface area contributed by atoms with Crippen LogP contribution in [-0.2, 0) is 0 Å². The fraction of sp³-hybridized carbons (Fsp3) is 0.462. The van der Waals surface area contributed by atoms with Crippen molar-refractivity contribution in [1.82, 2.24) is 4.90 Å². The van der Waals surface area contributed by atoms with Crippen LogP contribution in [0.25, 0.3) is 0 Å². The van der Waals surface area contributed by atoms with Gasteiger partial charge in [0.2, 0.25) is 0 Å². The molecule has 2 atom stereocenters. The molecule has 0 N–H and O–H groups in total. The molecule has 1 aromatic carbocycles. The summed E-state index contributed by atoms with van der Waals surface area (Å²) in [7, 11) is 1.57. The Morgan fingerprint density at radius 3 is 2.76 bits per heavy atom. The van der Waals surface area contributed by atoms with Crippen LogP contribution >= 0.6 is 11.6 Å². The molecule has 2 fully saturated rings. The molecule has 2 unspecified atom stereocenters. The maximum atomic E-state index is 12.3. The maximum absolute atomic E-state index is 12.3. The lowest BCUT2D eigenvalue weighted by Gasteiger charge is -2.19. The number of carbonyl (C=O) groups excluding carboxylic acids is 1. The van der Waals surface area contributed by atoms with Crippen LogP contribution in [0.15, 0.2) is 18.2 Å². The largest absolute Gasteiger partial charge is 0.496 e. The number of nitrogens with zero attached hydrogens (tertiary/aromatic N) is 1. The summed E-state index contributed by atoms with van der Waals surface area (Å²) in [5.74, 6) is 2.12. The lowest BCUT2D eigenvalue weighted by Crippen LogP contribution is -2.30. The van der Waals surface area contributed by atoms with Crippen molar-refractivity contribution in [2.24, 2.45) is 11.8 Å². The molecule has 2 aliphatic rings. The standard InChI is InChI=1S/C13H14ClNO2/c1-17-12-3-2-10(14)5-11(12)13(16)15-6-8-4-9(8)7-15/h2-3,5,8-9H,4,6-7H2,1H3. The predicted octanol–water partition coefficient (Wildman–Crippen LogP) is 2.44. The van der Waals surface area contributed by atoms with Gasteiger partial charge in [0.15, 0.2) is 0 Å². The minimum Gasteiger partial charge on any atom is -0.496 e. The van der Waals surface area contributed by atoms with Gasteiger partial charge in [0.05, 0.1) is 12.7 Å². The van der Waals surface area contributed by atoms with Gasteiger partial charge >= 0.3 is 0 Å². The topological polar surface area (TPSA) is 29.5 Å². The van der Waals surface area contributed by atoms with E-state index in [4.69, 9.17) is 16.3 Å². The highest BCUT2D eigenvalue weighted by Gasteiger charge is 2.46. The quantitative estimate of drug-likeness (QED) is 0.808. The Hall–Kier alpha value is -1.22. The predicted molar refractivity (Wildman–Crippen MR) is 65.5 cm³/mol. The van der Waals surface area contributed by atoms with Crippen LogP contribution in [0, 0.1) is 11.8 Å². The number of fused-ring (bicyclic) bond motifs is 1. The van der Waals surface area contributed by atoms with Crippen LogP contribution in [-0.4, -0.2) is 31.0 Å². The SMILES string of the molecule is COc1ccc(Cl)cc1C(=O)N1CC2CC2C1. The van der Waals surface area contributed by atoms with Crippen LogP contribution < -0.4 is 4.74 Å². The first-order chi connectivity index (χ1) is 8.19. The molecule has 0 aromatic heterocycles. The molecule has 1 saturated carbocycles. The Labute approximate surface area is 105 Å². The second-order valence-corrected chi connectivity index (χ2v) is 5.25. The number of likely N-dealkylation sites (tertiary alicyclic amines) is 1. The van der Waals surface area contributed by atoms with Gasteiger partial charge in [-0.2, -0.15) is 0 Å². The van der Waals surface area contributed by atoms with Crippen LogP contribution in [0.3, 0.4) is 0 Å². The molecular formula is C13H14ClNO2. The molecule has 1 aliphatic heterocycles. The minimum atomic E-state index is 0.0385. The van der Waals surface area contributed by atoms with E-state index in [0.29, 0.717) is 16.3 Å². The number of rotatable bonds is 2. The lowest BCUT2D eigenvalue weighted by atomic mass is 10.1. The van der Waals surface area contributed by atoms with E-state index in [1.165, 1.54) is 6.42 Å². The van der Waals surface area contributed by atoms with Gasteiger partial charge in [0.1, 0.15) is 5.75 Å². The zero-order valence-electron chi connectivity index (χ0n) is 9.65. The van der Waals surface area contributed by atoms with Crippen molar-refractivity contribution in [2.75, 3.05) is 20.2 Å². The molecule has 1 saturated heterocycles. The zero-order chi connectivity index (χ0) is 12.0. The molecule has 1 heterocycles. The smallest absolute Gasteiger partial charge is 0.257 e. The first kappa shape index (κ1) is 10.9. The fourth-order valence-corrected chi connectivity index (χ4v) is 2.75. The Morgan fingerprint density at radius 2 is 2.12 bits per heavy atom. The van der Waals surface area contributed by atoms with Gasteiger partial charge < -0.3 is 9.64 Å². The number of piperidine rings is 1. The molecule has 0 spiro atoms. The third kappa shape index (κ3) is 1.89. The first-order valence-electron chi connectivity index (χ1n) is 5.82. The number of amides is 1. The summed E-state index contributed by atoms with van der Waals surface area (Å²) in [6, 6.07) is 5.16. The summed E-state index contributed by atoms with van der Waals surface area (Å²) in [5.41, 5.74) is 0.571. The average molecular weight is 252 g/mol. The third-order valence-electron chi connectivity index (χ3n) is 3.66. The van der Waals surface area contributed by atoms with Crippen LogP contribution in [0.1, 0.15) is 16.8 Å². The molecule has 3 rings (SSSR count). The van der Waals surface area contributed by atoms with Gasteiger partial charge in [-0.3, -0.25) is 4.79 Å². The minimum absolute atomic E-state index is 0.0385. The molecular weight excluding hydrogens is 238 g/mol. The number of benzene rings is 1. The molecule has 90 valence electrons. The summed E-state index contributed by atoms with van der Waals surface area (Å²) in [6.45, 7) is 1.78.